The number of nitro benzene ring substituents is 1. The largest absolute Gasteiger partial charge is 0.464 e. The van der Waals surface area contributed by atoms with E-state index in [2.05, 4.69) is 15.0 Å². The number of ketones is 1. The zero-order chi connectivity index (χ0) is 15.4. The zero-order valence-electron chi connectivity index (χ0n) is 10.9. The van der Waals surface area contributed by atoms with Crippen molar-refractivity contribution >= 4 is 17.4 Å². The lowest BCUT2D eigenvalue weighted by molar-refractivity contribution is -0.384. The predicted molar refractivity (Wildman–Crippen MR) is 68.8 cm³/mol. The van der Waals surface area contributed by atoms with Crippen LogP contribution in [0.5, 0.6) is 0 Å². The third-order valence-corrected chi connectivity index (χ3v) is 2.64. The van der Waals surface area contributed by atoms with E-state index in [1.807, 2.05) is 0 Å². The number of non-ortho nitro benzene ring substituents is 1. The highest BCUT2D eigenvalue weighted by Gasteiger charge is 2.14. The van der Waals surface area contributed by atoms with Gasteiger partial charge in [-0.25, -0.2) is 9.48 Å². The standard InChI is InChI=1S/C12H10N4O5/c1-21-12(18)10-6-15(14-13-10)7-11(17)8-2-4-9(5-3-8)16(19)20/h2-6H,7H2,1H3. The van der Waals surface area contributed by atoms with Crippen LogP contribution in [0.4, 0.5) is 5.69 Å². The van der Waals surface area contributed by atoms with Crippen LogP contribution in [-0.4, -0.2) is 38.8 Å². The van der Waals surface area contributed by atoms with E-state index in [0.717, 1.165) is 0 Å². The van der Waals surface area contributed by atoms with Gasteiger partial charge in [-0.1, -0.05) is 5.21 Å². The number of hydrogen-bond acceptors (Lipinski definition) is 7. The first kappa shape index (κ1) is 14.3. The fourth-order valence-electron chi connectivity index (χ4n) is 1.58. The van der Waals surface area contributed by atoms with Gasteiger partial charge < -0.3 is 4.74 Å². The Morgan fingerprint density at radius 2 is 2.00 bits per heavy atom. The molecule has 9 nitrogen and oxygen atoms in total. The summed E-state index contributed by atoms with van der Waals surface area (Å²) >= 11 is 0. The highest BCUT2D eigenvalue weighted by Crippen LogP contribution is 2.12. The Morgan fingerprint density at radius 1 is 1.33 bits per heavy atom. The smallest absolute Gasteiger partial charge is 0.360 e. The summed E-state index contributed by atoms with van der Waals surface area (Å²) in [5.74, 6) is -0.963. The average Bonchev–Trinajstić information content (AvgIpc) is 2.95. The zero-order valence-corrected chi connectivity index (χ0v) is 10.9. The number of benzene rings is 1. The number of aromatic nitrogens is 3. The lowest BCUT2D eigenvalue weighted by Gasteiger charge is -2.00. The van der Waals surface area contributed by atoms with Crippen molar-refractivity contribution in [2.45, 2.75) is 6.54 Å². The van der Waals surface area contributed by atoms with Crippen LogP contribution in [0.15, 0.2) is 30.5 Å². The second-order valence-electron chi connectivity index (χ2n) is 4.02. The van der Waals surface area contributed by atoms with Gasteiger partial charge in [-0.2, -0.15) is 0 Å². The maximum atomic E-state index is 12.0. The first-order valence-corrected chi connectivity index (χ1v) is 5.77. The molecule has 0 fully saturated rings. The fraction of sp³-hybridized carbons (Fsp3) is 0.167. The molecule has 0 aliphatic rings. The average molecular weight is 290 g/mol. The lowest BCUT2D eigenvalue weighted by atomic mass is 10.1. The van der Waals surface area contributed by atoms with Gasteiger partial charge in [0.25, 0.3) is 5.69 Å². The summed E-state index contributed by atoms with van der Waals surface area (Å²) in [7, 11) is 1.21. The number of esters is 1. The van der Waals surface area contributed by atoms with Crippen molar-refractivity contribution in [1.29, 1.82) is 0 Å². The second kappa shape index (κ2) is 5.90. The van der Waals surface area contributed by atoms with E-state index < -0.39 is 10.9 Å². The molecule has 21 heavy (non-hydrogen) atoms. The summed E-state index contributed by atoms with van der Waals surface area (Å²) in [6, 6.07) is 5.21. The van der Waals surface area contributed by atoms with E-state index >= 15 is 0 Å². The predicted octanol–water partition coefficient (Wildman–Crippen LogP) is 0.856. The maximum Gasteiger partial charge on any atom is 0.360 e. The van der Waals surface area contributed by atoms with Crippen molar-refractivity contribution in [3.8, 4) is 0 Å². The Balaban J connectivity index is 2.09. The van der Waals surface area contributed by atoms with Crippen LogP contribution < -0.4 is 0 Å². The van der Waals surface area contributed by atoms with Crippen LogP contribution in [0.25, 0.3) is 0 Å². The minimum atomic E-state index is -0.649. The van der Waals surface area contributed by atoms with Crippen LogP contribution in [0.3, 0.4) is 0 Å². The van der Waals surface area contributed by atoms with Gasteiger partial charge in [0.2, 0.25) is 0 Å². The minimum Gasteiger partial charge on any atom is -0.464 e. The van der Waals surface area contributed by atoms with Crippen LogP contribution in [0.2, 0.25) is 0 Å². The maximum absolute atomic E-state index is 12.0. The monoisotopic (exact) mass is 290 g/mol. The van der Waals surface area contributed by atoms with Gasteiger partial charge in [-0.05, 0) is 12.1 Å². The van der Waals surface area contributed by atoms with Crippen molar-refractivity contribution in [2.24, 2.45) is 0 Å². The molecule has 0 spiro atoms. The Bertz CT molecular complexity index is 692. The Hall–Kier alpha value is -3.10. The molecule has 0 N–H and O–H groups in total. The first-order valence-electron chi connectivity index (χ1n) is 5.77. The van der Waals surface area contributed by atoms with E-state index in [0.29, 0.717) is 5.56 Å². The molecule has 2 aromatic rings. The molecule has 1 aromatic carbocycles. The van der Waals surface area contributed by atoms with Gasteiger partial charge in [-0.3, -0.25) is 14.9 Å². The Morgan fingerprint density at radius 3 is 2.57 bits per heavy atom. The van der Waals surface area contributed by atoms with Crippen molar-refractivity contribution in [3.05, 3.63) is 51.8 Å². The summed E-state index contributed by atoms with van der Waals surface area (Å²) < 4.78 is 5.66. The van der Waals surface area contributed by atoms with Crippen LogP contribution >= 0.6 is 0 Å². The molecule has 0 radical (unpaired) electrons. The minimum absolute atomic E-state index is 0.00556. The van der Waals surface area contributed by atoms with E-state index in [-0.39, 0.29) is 23.7 Å². The van der Waals surface area contributed by atoms with Crippen LogP contribution in [0, 0.1) is 10.1 Å². The molecule has 1 aromatic heterocycles. The van der Waals surface area contributed by atoms with Crippen molar-refractivity contribution < 1.29 is 19.2 Å². The van der Waals surface area contributed by atoms with Gasteiger partial charge in [0.15, 0.2) is 11.5 Å². The topological polar surface area (TPSA) is 117 Å². The fourth-order valence-corrected chi connectivity index (χ4v) is 1.58. The molecule has 0 unspecified atom stereocenters. The van der Waals surface area contributed by atoms with Crippen molar-refractivity contribution in [3.63, 3.8) is 0 Å². The van der Waals surface area contributed by atoms with Gasteiger partial charge in [-0.15, -0.1) is 5.10 Å². The number of nitro groups is 1. The number of ether oxygens (including phenoxy) is 1. The summed E-state index contributed by atoms with van der Waals surface area (Å²) in [6.07, 6.45) is 1.29. The SMILES string of the molecule is COC(=O)c1cn(CC(=O)c2ccc([N+](=O)[O-])cc2)nn1. The summed E-state index contributed by atoms with van der Waals surface area (Å²) in [6.45, 7) is -0.137. The van der Waals surface area contributed by atoms with E-state index in [1.165, 1.54) is 42.3 Å². The van der Waals surface area contributed by atoms with Gasteiger partial charge in [0.05, 0.1) is 18.2 Å². The van der Waals surface area contributed by atoms with E-state index in [9.17, 15) is 19.7 Å². The second-order valence-corrected chi connectivity index (χ2v) is 4.02. The highest BCUT2D eigenvalue weighted by atomic mass is 16.6. The van der Waals surface area contributed by atoms with Crippen LogP contribution in [0.1, 0.15) is 20.8 Å². The van der Waals surface area contributed by atoms with E-state index in [1.54, 1.807) is 0 Å². The molecular weight excluding hydrogens is 280 g/mol. The van der Waals surface area contributed by atoms with E-state index in [4.69, 9.17) is 0 Å². The van der Waals surface area contributed by atoms with Gasteiger partial charge >= 0.3 is 5.97 Å². The third-order valence-electron chi connectivity index (χ3n) is 2.64. The van der Waals surface area contributed by atoms with Gasteiger partial charge in [0, 0.05) is 17.7 Å². The molecule has 2 rings (SSSR count). The molecule has 0 aliphatic heterocycles. The lowest BCUT2D eigenvalue weighted by Crippen LogP contribution is -2.11. The normalized spacial score (nSPS) is 10.1. The molecular formula is C12H10N4O5. The number of hydrogen-bond donors (Lipinski definition) is 0. The van der Waals surface area contributed by atoms with Gasteiger partial charge in [0.1, 0.15) is 6.54 Å². The first-order chi connectivity index (χ1) is 10.0. The molecule has 108 valence electrons. The number of carbonyl (C=O) groups is 2. The Kier molecular flexibility index (Phi) is 4.02. The summed E-state index contributed by atoms with van der Waals surface area (Å²) in [5, 5.41) is 17.7. The number of rotatable bonds is 5. The molecule has 0 atom stereocenters. The quantitative estimate of drug-likeness (QED) is 0.347. The van der Waals surface area contributed by atoms with Crippen molar-refractivity contribution in [2.75, 3.05) is 7.11 Å². The molecule has 0 bridgehead atoms. The summed E-state index contributed by atoms with van der Waals surface area (Å²) in [4.78, 5) is 33.1. The molecule has 0 aliphatic carbocycles. The van der Waals surface area contributed by atoms with Crippen LogP contribution in [-0.2, 0) is 11.3 Å². The molecule has 9 heteroatoms. The number of carbonyl (C=O) groups excluding carboxylic acids is 2. The molecule has 0 saturated carbocycles. The highest BCUT2D eigenvalue weighted by molar-refractivity contribution is 5.96. The third kappa shape index (κ3) is 3.26. The molecule has 1 heterocycles. The van der Waals surface area contributed by atoms with Crippen molar-refractivity contribution in [1.82, 2.24) is 15.0 Å². The summed E-state index contributed by atoms with van der Waals surface area (Å²) in [5.41, 5.74) is 0.199. The molecule has 0 saturated heterocycles. The Labute approximate surface area is 118 Å². The molecule has 0 amide bonds. The number of Topliss-reactive ketones (excluding diaryl/α,β-unsaturated/α-hetero) is 1. The number of nitrogens with zero attached hydrogens (tertiary/aromatic N) is 4. The number of methoxy groups -OCH3 is 1.